The zero-order valence-electron chi connectivity index (χ0n) is 28.7. The minimum atomic E-state index is -3.81. The number of urea groups is 1. The molecule has 266 valence electrons. The van der Waals surface area contributed by atoms with E-state index < -0.39 is 39.9 Å². The van der Waals surface area contributed by atoms with Crippen molar-refractivity contribution in [2.75, 3.05) is 44.0 Å². The van der Waals surface area contributed by atoms with Gasteiger partial charge in [0, 0.05) is 44.0 Å². The van der Waals surface area contributed by atoms with Crippen LogP contribution in [-0.2, 0) is 14.8 Å². The quantitative estimate of drug-likeness (QED) is 0.267. The molecule has 4 atom stereocenters. The molecule has 3 N–H and O–H groups in total. The summed E-state index contributed by atoms with van der Waals surface area (Å²) in [5.41, 5.74) is 1.84. The number of aliphatic hydroxyl groups is 1. The van der Waals surface area contributed by atoms with E-state index in [0.29, 0.717) is 30.2 Å². The molecule has 0 bridgehead atoms. The summed E-state index contributed by atoms with van der Waals surface area (Å²) in [6.07, 6.45) is 1.36. The number of amides is 3. The molecule has 0 saturated heterocycles. The van der Waals surface area contributed by atoms with Gasteiger partial charge in [0.2, 0.25) is 10.0 Å². The molecule has 0 radical (unpaired) electrons. The number of nitrogens with one attached hydrogen (secondary N) is 2. The van der Waals surface area contributed by atoms with E-state index in [2.05, 4.69) is 10.6 Å². The summed E-state index contributed by atoms with van der Waals surface area (Å²) in [4.78, 5) is 28.8. The Morgan fingerprint density at radius 3 is 2.37 bits per heavy atom. The molecule has 3 aromatic rings. The number of likely N-dealkylation sites (N-methyl/N-ethyl adjacent to an activating group) is 1. The fourth-order valence-corrected chi connectivity index (χ4v) is 6.71. The average Bonchev–Trinajstić information content (AvgIpc) is 3.07. The second-order valence-electron chi connectivity index (χ2n) is 12.7. The van der Waals surface area contributed by atoms with Crippen LogP contribution >= 0.6 is 0 Å². The number of sulfonamides is 1. The molecule has 3 amide bonds. The van der Waals surface area contributed by atoms with Crippen molar-refractivity contribution < 1.29 is 37.0 Å². The fourth-order valence-electron chi connectivity index (χ4n) is 5.53. The fraction of sp³-hybridized carbons (Fsp3) is 0.444. The van der Waals surface area contributed by atoms with Gasteiger partial charge in [-0.05, 0) is 94.6 Å². The average molecular weight is 699 g/mol. The molecule has 13 heteroatoms. The normalized spacial score (nSPS) is 20.1. The molecular weight excluding hydrogens is 651 g/mol. The van der Waals surface area contributed by atoms with Crippen molar-refractivity contribution in [1.82, 2.24) is 9.21 Å². The van der Waals surface area contributed by atoms with Crippen molar-refractivity contribution in [3.8, 4) is 5.75 Å². The number of nitrogens with zero attached hydrogens (tertiary/aromatic N) is 2. The first-order chi connectivity index (χ1) is 23.3. The Hall–Kier alpha value is -4.04. The van der Waals surface area contributed by atoms with Gasteiger partial charge < -0.3 is 30.1 Å². The summed E-state index contributed by atoms with van der Waals surface area (Å²) in [6.45, 7) is 7.68. The van der Waals surface area contributed by atoms with E-state index in [1.807, 2.05) is 20.8 Å². The summed E-state index contributed by atoms with van der Waals surface area (Å²) >= 11 is 0. The molecule has 1 aliphatic heterocycles. The highest BCUT2D eigenvalue weighted by molar-refractivity contribution is 7.89. The Bertz CT molecular complexity index is 1670. The SMILES string of the molecule is Cc1ccc(S(=O)(=O)N(C)C[C@H]2OCCCC[C@@H](C)Oc3ccc(NC(=O)Nc4ccc(F)cc4)cc3C(=O)N([C@H](C)CO)C[C@H]2C)cc1. The summed E-state index contributed by atoms with van der Waals surface area (Å²) in [5.74, 6) is -0.881. The van der Waals surface area contributed by atoms with Gasteiger partial charge in [-0.25, -0.2) is 17.6 Å². The lowest BCUT2D eigenvalue weighted by molar-refractivity contribution is -0.00833. The zero-order valence-corrected chi connectivity index (χ0v) is 29.5. The Kier molecular flexibility index (Phi) is 13.2. The van der Waals surface area contributed by atoms with Crippen molar-refractivity contribution in [2.45, 2.75) is 70.1 Å². The van der Waals surface area contributed by atoms with E-state index in [9.17, 15) is 27.5 Å². The minimum Gasteiger partial charge on any atom is -0.490 e. The topological polar surface area (TPSA) is 138 Å². The van der Waals surface area contributed by atoms with Gasteiger partial charge >= 0.3 is 6.03 Å². The van der Waals surface area contributed by atoms with Crippen LogP contribution in [0.2, 0.25) is 0 Å². The number of benzene rings is 3. The molecule has 0 spiro atoms. The van der Waals surface area contributed by atoms with Gasteiger partial charge in [0.15, 0.2) is 0 Å². The smallest absolute Gasteiger partial charge is 0.323 e. The second kappa shape index (κ2) is 17.1. The third-order valence-electron chi connectivity index (χ3n) is 8.58. The van der Waals surface area contributed by atoms with Crippen LogP contribution in [0.1, 0.15) is 56.0 Å². The number of carbonyl (C=O) groups is 2. The first-order valence-electron chi connectivity index (χ1n) is 16.5. The Balaban J connectivity index is 1.62. The molecule has 1 aliphatic rings. The van der Waals surface area contributed by atoms with Gasteiger partial charge in [-0.3, -0.25) is 4.79 Å². The number of ether oxygens (including phenoxy) is 2. The lowest BCUT2D eigenvalue weighted by atomic mass is 10.0. The van der Waals surface area contributed by atoms with E-state index >= 15 is 0 Å². The number of hydrogen-bond acceptors (Lipinski definition) is 7. The van der Waals surface area contributed by atoms with Gasteiger partial charge in [0.25, 0.3) is 5.91 Å². The van der Waals surface area contributed by atoms with E-state index in [1.165, 1.54) is 46.6 Å². The first-order valence-corrected chi connectivity index (χ1v) is 17.9. The van der Waals surface area contributed by atoms with E-state index in [1.54, 1.807) is 43.3 Å². The maximum absolute atomic E-state index is 14.3. The molecule has 4 rings (SSSR count). The molecule has 0 unspecified atom stereocenters. The van der Waals surface area contributed by atoms with Gasteiger partial charge in [0.05, 0.1) is 35.3 Å². The third kappa shape index (κ3) is 10.2. The molecule has 0 saturated carbocycles. The number of fused-ring (bicyclic) bond motifs is 1. The summed E-state index contributed by atoms with van der Waals surface area (Å²) < 4.78 is 54.1. The number of aryl methyl sites for hydroxylation is 1. The van der Waals surface area contributed by atoms with Crippen molar-refractivity contribution in [2.24, 2.45) is 5.92 Å². The molecule has 0 fully saturated rings. The molecule has 11 nitrogen and oxygen atoms in total. The molecular formula is C36H47FN4O7S. The molecule has 49 heavy (non-hydrogen) atoms. The van der Waals surface area contributed by atoms with Gasteiger partial charge in [0.1, 0.15) is 11.6 Å². The molecule has 3 aromatic carbocycles. The van der Waals surface area contributed by atoms with Crippen LogP contribution in [0, 0.1) is 18.7 Å². The predicted octanol–water partition coefficient (Wildman–Crippen LogP) is 5.89. The number of rotatable bonds is 8. The summed E-state index contributed by atoms with van der Waals surface area (Å²) in [5, 5.41) is 15.6. The number of anilines is 2. The lowest BCUT2D eigenvalue weighted by Crippen LogP contribution is -2.48. The van der Waals surface area contributed by atoms with Gasteiger partial charge in [-0.2, -0.15) is 4.31 Å². The Labute approximate surface area is 288 Å². The summed E-state index contributed by atoms with van der Waals surface area (Å²) in [7, 11) is -2.29. The largest absolute Gasteiger partial charge is 0.490 e. The minimum absolute atomic E-state index is 0.0558. The van der Waals surface area contributed by atoms with Crippen molar-refractivity contribution >= 4 is 33.3 Å². The van der Waals surface area contributed by atoms with Gasteiger partial charge in [-0.1, -0.05) is 24.6 Å². The van der Waals surface area contributed by atoms with Crippen LogP contribution in [0.4, 0.5) is 20.6 Å². The monoisotopic (exact) mass is 698 g/mol. The highest BCUT2D eigenvalue weighted by Crippen LogP contribution is 2.29. The van der Waals surface area contributed by atoms with E-state index in [0.717, 1.165) is 18.4 Å². The van der Waals surface area contributed by atoms with E-state index in [-0.39, 0.29) is 42.2 Å². The first kappa shape index (κ1) is 37.8. The predicted molar refractivity (Wildman–Crippen MR) is 187 cm³/mol. The maximum Gasteiger partial charge on any atom is 0.323 e. The van der Waals surface area contributed by atoms with Gasteiger partial charge in [-0.15, -0.1) is 0 Å². The summed E-state index contributed by atoms with van der Waals surface area (Å²) in [6, 6.07) is 15.6. The molecule has 0 aliphatic carbocycles. The highest BCUT2D eigenvalue weighted by atomic mass is 32.2. The van der Waals surface area contributed by atoms with Crippen LogP contribution in [-0.4, -0.2) is 86.3 Å². The van der Waals surface area contributed by atoms with Crippen LogP contribution < -0.4 is 15.4 Å². The Morgan fingerprint density at radius 1 is 1.04 bits per heavy atom. The van der Waals surface area contributed by atoms with Crippen molar-refractivity contribution in [3.63, 3.8) is 0 Å². The zero-order chi connectivity index (χ0) is 35.7. The third-order valence-corrected chi connectivity index (χ3v) is 10.4. The van der Waals surface area contributed by atoms with Crippen LogP contribution in [0.3, 0.4) is 0 Å². The Morgan fingerprint density at radius 2 is 1.69 bits per heavy atom. The van der Waals surface area contributed by atoms with Crippen LogP contribution in [0.5, 0.6) is 5.75 Å². The number of carbonyl (C=O) groups excluding carboxylic acids is 2. The molecule has 0 aromatic heterocycles. The van der Waals surface area contributed by atoms with E-state index in [4.69, 9.17) is 9.47 Å². The number of hydrogen-bond donors (Lipinski definition) is 3. The second-order valence-corrected chi connectivity index (χ2v) is 14.7. The van der Waals surface area contributed by atoms with Crippen LogP contribution in [0.15, 0.2) is 71.6 Å². The van der Waals surface area contributed by atoms with Crippen LogP contribution in [0.25, 0.3) is 0 Å². The maximum atomic E-state index is 14.3. The lowest BCUT2D eigenvalue weighted by Gasteiger charge is -2.35. The highest BCUT2D eigenvalue weighted by Gasteiger charge is 2.32. The van der Waals surface area contributed by atoms with Crippen molar-refractivity contribution in [3.05, 3.63) is 83.7 Å². The molecule has 1 heterocycles. The number of aliphatic hydroxyl groups excluding tert-OH is 1. The number of halogens is 1. The standard InChI is InChI=1S/C36H47FN4O7S/c1-24-9-16-31(17-10-24)49(45,46)40(5)22-34-25(2)21-41(26(3)23-42)35(43)32-20-30(39-36(44)38-29-13-11-28(37)12-14-29)15-18-33(32)48-27(4)8-6-7-19-47-34/h9-18,20,25-27,34,42H,6-8,19,21-23H2,1-5H3,(H2,38,39,44)/t25-,26-,27-,34-/m1/s1. The van der Waals surface area contributed by atoms with Crippen molar-refractivity contribution in [1.29, 1.82) is 0 Å².